The highest BCUT2D eigenvalue weighted by Gasteiger charge is 2.21. The van der Waals surface area contributed by atoms with E-state index in [9.17, 15) is 35.2 Å². The largest absolute Gasteiger partial charge is 0.452 e. The number of nitrogens with one attached hydrogen (secondary N) is 3. The summed E-state index contributed by atoms with van der Waals surface area (Å²) in [6, 6.07) is 11.2. The quantitative estimate of drug-likeness (QED) is 0.222. The number of hydrogen-bond donors (Lipinski definition) is 3. The number of hydrogen-bond acceptors (Lipinski definition) is 7. The van der Waals surface area contributed by atoms with Crippen LogP contribution in [0.5, 0.6) is 0 Å². The fraction of sp³-hybridized carbons (Fsp3) is 0.286. The molecule has 14 heteroatoms. The molecule has 0 spiro atoms. The van der Waals surface area contributed by atoms with Gasteiger partial charge < -0.3 is 10.1 Å². The number of benzene rings is 3. The maximum absolute atomic E-state index is 13.3. The van der Waals surface area contributed by atoms with Crippen molar-refractivity contribution in [2.45, 2.75) is 54.4 Å². The molecule has 3 aromatic rings. The van der Waals surface area contributed by atoms with Gasteiger partial charge in [-0.25, -0.2) is 30.4 Å². The Kier molecular flexibility index (Phi) is 9.78. The Bertz CT molecular complexity index is 1540. The van der Waals surface area contributed by atoms with Gasteiger partial charge in [0.15, 0.2) is 6.61 Å². The Morgan fingerprint density at radius 2 is 1.17 bits per heavy atom. The molecule has 1 aliphatic rings. The first-order chi connectivity index (χ1) is 19.9. The summed E-state index contributed by atoms with van der Waals surface area (Å²) in [4.78, 5) is 24.7. The van der Waals surface area contributed by atoms with Gasteiger partial charge in [-0.2, -0.15) is 0 Å². The number of halogens is 2. The molecule has 0 radical (unpaired) electrons. The number of carbonyl (C=O) groups excluding carboxylic acids is 2. The van der Waals surface area contributed by atoms with Crippen molar-refractivity contribution in [2.75, 3.05) is 16.1 Å². The Morgan fingerprint density at radius 3 is 1.62 bits per heavy atom. The van der Waals surface area contributed by atoms with E-state index in [2.05, 4.69) is 14.8 Å². The van der Waals surface area contributed by atoms with Crippen molar-refractivity contribution < 1.29 is 39.9 Å². The van der Waals surface area contributed by atoms with Crippen LogP contribution in [0.3, 0.4) is 0 Å². The van der Waals surface area contributed by atoms with Gasteiger partial charge in [-0.1, -0.05) is 25.7 Å². The lowest BCUT2D eigenvalue weighted by Crippen LogP contribution is -2.37. The molecule has 0 unspecified atom stereocenters. The van der Waals surface area contributed by atoms with E-state index >= 15 is 0 Å². The molecule has 0 atom stereocenters. The third kappa shape index (κ3) is 8.49. The number of carbonyl (C=O) groups is 2. The predicted molar refractivity (Wildman–Crippen MR) is 151 cm³/mol. The summed E-state index contributed by atoms with van der Waals surface area (Å²) in [7, 11) is -8.57. The molecule has 224 valence electrons. The van der Waals surface area contributed by atoms with Crippen LogP contribution in [0.15, 0.2) is 76.5 Å². The van der Waals surface area contributed by atoms with E-state index in [1.165, 1.54) is 0 Å². The zero-order valence-electron chi connectivity index (χ0n) is 22.3. The van der Waals surface area contributed by atoms with Crippen LogP contribution < -0.4 is 14.8 Å². The van der Waals surface area contributed by atoms with E-state index in [4.69, 9.17) is 4.74 Å². The first-order valence-electron chi connectivity index (χ1n) is 13.1. The highest BCUT2D eigenvalue weighted by Crippen LogP contribution is 2.25. The highest BCUT2D eigenvalue weighted by molar-refractivity contribution is 7.93. The smallest absolute Gasteiger partial charge is 0.338 e. The van der Waals surface area contributed by atoms with E-state index in [0.29, 0.717) is 0 Å². The maximum atomic E-state index is 13.3. The van der Waals surface area contributed by atoms with Crippen molar-refractivity contribution in [3.63, 3.8) is 0 Å². The highest BCUT2D eigenvalue weighted by atomic mass is 32.2. The number of esters is 1. The minimum atomic E-state index is -4.29. The molecule has 0 bridgehead atoms. The van der Waals surface area contributed by atoms with Crippen LogP contribution in [-0.4, -0.2) is 41.4 Å². The summed E-state index contributed by atoms with van der Waals surface area (Å²) in [6.07, 6.45) is 5.82. The van der Waals surface area contributed by atoms with Crippen LogP contribution in [0.25, 0.3) is 0 Å². The van der Waals surface area contributed by atoms with Crippen LogP contribution in [0.1, 0.15) is 48.9 Å². The average Bonchev–Trinajstić information content (AvgIpc) is 3.20. The first kappa shape index (κ1) is 30.9. The molecular weight excluding hydrogens is 592 g/mol. The Hall–Kier alpha value is -4.04. The SMILES string of the molecule is O=C(COC(=O)c1cc(NS(=O)(=O)c2ccc(F)cc2)cc(NS(=O)(=O)c2ccc(F)cc2)c1)NC1CCCCCC1. The van der Waals surface area contributed by atoms with Crippen molar-refractivity contribution in [1.82, 2.24) is 5.32 Å². The standard InChI is InChI=1S/C28H29F2N3O7S2/c29-20-7-11-25(12-8-20)41(36,37)32-23-15-19(28(35)40-18-27(34)31-22-5-3-1-2-4-6-22)16-24(17-23)33-42(38,39)26-13-9-21(30)10-14-26/h7-17,22,32-33H,1-6,18H2,(H,31,34). The van der Waals surface area contributed by atoms with Gasteiger partial charge in [0.1, 0.15) is 11.6 Å². The lowest BCUT2D eigenvalue weighted by Gasteiger charge is -2.16. The summed E-state index contributed by atoms with van der Waals surface area (Å²) < 4.78 is 87.8. The first-order valence-corrected chi connectivity index (χ1v) is 16.1. The molecule has 1 fully saturated rings. The van der Waals surface area contributed by atoms with Gasteiger partial charge in [-0.15, -0.1) is 0 Å². The minimum Gasteiger partial charge on any atom is -0.452 e. The third-order valence-electron chi connectivity index (χ3n) is 6.48. The summed E-state index contributed by atoms with van der Waals surface area (Å²) >= 11 is 0. The second-order valence-corrected chi connectivity index (χ2v) is 13.1. The maximum Gasteiger partial charge on any atom is 0.338 e. The molecule has 10 nitrogen and oxygen atoms in total. The van der Waals surface area contributed by atoms with Gasteiger partial charge in [0.05, 0.1) is 26.7 Å². The number of anilines is 2. The number of amides is 1. The van der Waals surface area contributed by atoms with Crippen molar-refractivity contribution in [3.05, 3.63) is 83.9 Å². The zero-order chi connectivity index (χ0) is 30.3. The fourth-order valence-electron chi connectivity index (χ4n) is 4.43. The van der Waals surface area contributed by atoms with Gasteiger partial charge in [0.2, 0.25) is 0 Å². The molecule has 42 heavy (non-hydrogen) atoms. The van der Waals surface area contributed by atoms with Crippen LogP contribution in [0, 0.1) is 11.6 Å². The molecule has 0 heterocycles. The van der Waals surface area contributed by atoms with Gasteiger partial charge in [-0.3, -0.25) is 14.2 Å². The summed E-state index contributed by atoms with van der Waals surface area (Å²) in [5, 5.41) is 2.84. The van der Waals surface area contributed by atoms with E-state index in [1.807, 2.05) is 0 Å². The number of sulfonamides is 2. The number of rotatable bonds is 10. The van der Waals surface area contributed by atoms with E-state index < -0.39 is 50.2 Å². The summed E-state index contributed by atoms with van der Waals surface area (Å²) in [5.74, 6) is -2.82. The van der Waals surface area contributed by atoms with Gasteiger partial charge in [-0.05, 0) is 79.6 Å². The van der Waals surface area contributed by atoms with Crippen molar-refractivity contribution in [1.29, 1.82) is 0 Å². The molecular formula is C28H29F2N3O7S2. The molecule has 3 aromatic carbocycles. The lowest BCUT2D eigenvalue weighted by atomic mass is 10.1. The molecule has 1 amide bonds. The monoisotopic (exact) mass is 621 g/mol. The molecule has 0 aromatic heterocycles. The molecule has 3 N–H and O–H groups in total. The van der Waals surface area contributed by atoms with Crippen molar-refractivity contribution in [3.8, 4) is 0 Å². The molecule has 1 saturated carbocycles. The third-order valence-corrected chi connectivity index (χ3v) is 9.27. The Labute approximate surface area is 242 Å². The molecule has 4 rings (SSSR count). The second kappa shape index (κ2) is 13.3. The van der Waals surface area contributed by atoms with E-state index in [-0.39, 0.29) is 32.8 Å². The van der Waals surface area contributed by atoms with Crippen molar-refractivity contribution >= 4 is 43.3 Å². The lowest BCUT2D eigenvalue weighted by molar-refractivity contribution is -0.125. The Morgan fingerprint density at radius 1 is 0.714 bits per heavy atom. The van der Waals surface area contributed by atoms with E-state index in [0.717, 1.165) is 105 Å². The Balaban J connectivity index is 1.57. The van der Waals surface area contributed by atoms with E-state index in [1.54, 1.807) is 0 Å². The minimum absolute atomic E-state index is 0.0182. The van der Waals surface area contributed by atoms with Crippen molar-refractivity contribution in [2.24, 2.45) is 0 Å². The normalized spacial score (nSPS) is 14.4. The van der Waals surface area contributed by atoms with Crippen LogP contribution in [0.2, 0.25) is 0 Å². The zero-order valence-corrected chi connectivity index (χ0v) is 23.9. The van der Waals surface area contributed by atoms with Gasteiger partial charge in [0.25, 0.3) is 26.0 Å². The van der Waals surface area contributed by atoms with Crippen LogP contribution >= 0.6 is 0 Å². The molecule has 1 aliphatic carbocycles. The number of ether oxygens (including phenoxy) is 1. The molecule has 0 saturated heterocycles. The predicted octanol–water partition coefficient (Wildman–Crippen LogP) is 4.56. The van der Waals surface area contributed by atoms with Crippen LogP contribution in [-0.2, 0) is 29.6 Å². The summed E-state index contributed by atoms with van der Waals surface area (Å²) in [6.45, 7) is -0.600. The fourth-order valence-corrected chi connectivity index (χ4v) is 6.51. The summed E-state index contributed by atoms with van der Waals surface area (Å²) in [5.41, 5.74) is -0.727. The molecule has 0 aliphatic heterocycles. The van der Waals surface area contributed by atoms with Gasteiger partial charge >= 0.3 is 5.97 Å². The van der Waals surface area contributed by atoms with Gasteiger partial charge in [0, 0.05) is 6.04 Å². The van der Waals surface area contributed by atoms with Crippen LogP contribution in [0.4, 0.5) is 20.2 Å². The topological polar surface area (TPSA) is 148 Å². The second-order valence-electron chi connectivity index (χ2n) is 9.75. The average molecular weight is 622 g/mol.